The third-order valence-electron chi connectivity index (χ3n) is 2.24. The quantitative estimate of drug-likeness (QED) is 0.345. The normalized spacial score (nSPS) is 37.7. The minimum Gasteiger partial charge on any atom is -0.394 e. The van der Waals surface area contributed by atoms with Crippen molar-refractivity contribution >= 4 is 5.91 Å². The van der Waals surface area contributed by atoms with E-state index < -0.39 is 43.2 Å². The SMILES string of the molecule is CC(=O)N[C@H]1[C@@H](O)[C@H]([C@H](O)CO)O[C@H]1O. The Kier molecular flexibility index (Phi) is 4.00. The van der Waals surface area contributed by atoms with Gasteiger partial charge in [-0.3, -0.25) is 4.79 Å². The van der Waals surface area contributed by atoms with Crippen LogP contribution in [-0.2, 0) is 9.53 Å². The molecule has 5 N–H and O–H groups in total. The maximum atomic E-state index is 10.7. The molecular weight excluding hydrogens is 206 g/mol. The van der Waals surface area contributed by atoms with Gasteiger partial charge in [0, 0.05) is 6.92 Å². The average molecular weight is 221 g/mol. The first-order chi connectivity index (χ1) is 6.97. The summed E-state index contributed by atoms with van der Waals surface area (Å²) in [5.74, 6) is -0.430. The summed E-state index contributed by atoms with van der Waals surface area (Å²) in [4.78, 5) is 10.7. The van der Waals surface area contributed by atoms with Gasteiger partial charge in [0.1, 0.15) is 24.4 Å². The first kappa shape index (κ1) is 12.3. The average Bonchev–Trinajstić information content (AvgIpc) is 2.44. The number of hydrogen-bond donors (Lipinski definition) is 5. The summed E-state index contributed by atoms with van der Waals surface area (Å²) in [6.07, 6.45) is -5.06. The number of hydrogen-bond acceptors (Lipinski definition) is 6. The van der Waals surface area contributed by atoms with Gasteiger partial charge in [0.15, 0.2) is 6.29 Å². The van der Waals surface area contributed by atoms with Crippen LogP contribution >= 0.6 is 0 Å². The fourth-order valence-corrected chi connectivity index (χ4v) is 1.51. The van der Waals surface area contributed by atoms with Crippen molar-refractivity contribution in [1.29, 1.82) is 0 Å². The predicted octanol–water partition coefficient (Wildman–Crippen LogP) is -3.08. The molecule has 0 unspecified atom stereocenters. The van der Waals surface area contributed by atoms with Gasteiger partial charge in [-0.05, 0) is 0 Å². The minimum absolute atomic E-state index is 0.430. The van der Waals surface area contributed by atoms with E-state index in [-0.39, 0.29) is 0 Å². The molecule has 1 aliphatic rings. The first-order valence-electron chi connectivity index (χ1n) is 4.55. The molecule has 0 aliphatic carbocycles. The minimum atomic E-state index is -1.39. The fourth-order valence-electron chi connectivity index (χ4n) is 1.51. The third kappa shape index (κ3) is 2.64. The van der Waals surface area contributed by atoms with Gasteiger partial charge < -0.3 is 30.5 Å². The number of aliphatic hydroxyl groups is 4. The van der Waals surface area contributed by atoms with E-state index in [1.807, 2.05) is 0 Å². The number of nitrogens with one attached hydrogen (secondary N) is 1. The van der Waals surface area contributed by atoms with Crippen molar-refractivity contribution in [3.05, 3.63) is 0 Å². The van der Waals surface area contributed by atoms with Gasteiger partial charge in [0.25, 0.3) is 0 Å². The summed E-state index contributed by atoms with van der Waals surface area (Å²) in [5.41, 5.74) is 0. The van der Waals surface area contributed by atoms with E-state index in [0.29, 0.717) is 0 Å². The second-order valence-electron chi connectivity index (χ2n) is 3.46. The summed E-state index contributed by atoms with van der Waals surface area (Å²) >= 11 is 0. The Bertz CT molecular complexity index is 235. The second kappa shape index (κ2) is 4.86. The first-order valence-corrected chi connectivity index (χ1v) is 4.55. The Morgan fingerprint density at radius 1 is 1.53 bits per heavy atom. The van der Waals surface area contributed by atoms with Crippen LogP contribution in [0.15, 0.2) is 0 Å². The van der Waals surface area contributed by atoms with Crippen LogP contribution in [0.25, 0.3) is 0 Å². The van der Waals surface area contributed by atoms with E-state index >= 15 is 0 Å². The molecule has 0 aromatic rings. The van der Waals surface area contributed by atoms with Crippen molar-refractivity contribution in [2.75, 3.05) is 6.61 Å². The molecule has 0 radical (unpaired) electrons. The largest absolute Gasteiger partial charge is 0.394 e. The van der Waals surface area contributed by atoms with Crippen LogP contribution < -0.4 is 5.32 Å². The zero-order valence-electron chi connectivity index (χ0n) is 8.20. The van der Waals surface area contributed by atoms with Crippen LogP contribution in [0.5, 0.6) is 0 Å². The highest BCUT2D eigenvalue weighted by Crippen LogP contribution is 2.22. The molecule has 1 rings (SSSR count). The molecular formula is C8H15NO6. The fraction of sp³-hybridized carbons (Fsp3) is 0.875. The lowest BCUT2D eigenvalue weighted by atomic mass is 10.0. The lowest BCUT2D eigenvalue weighted by molar-refractivity contribution is -0.141. The summed E-state index contributed by atoms with van der Waals surface area (Å²) in [7, 11) is 0. The van der Waals surface area contributed by atoms with Crippen LogP contribution in [-0.4, -0.2) is 63.6 Å². The molecule has 7 heteroatoms. The van der Waals surface area contributed by atoms with Gasteiger partial charge in [-0.15, -0.1) is 0 Å². The Balaban J connectivity index is 2.65. The molecule has 0 aromatic heterocycles. The van der Waals surface area contributed by atoms with Crippen LogP contribution in [0, 0.1) is 0 Å². The number of carbonyl (C=O) groups is 1. The Hall–Kier alpha value is -0.730. The van der Waals surface area contributed by atoms with Gasteiger partial charge in [-0.1, -0.05) is 0 Å². The van der Waals surface area contributed by atoms with E-state index in [1.165, 1.54) is 6.92 Å². The monoisotopic (exact) mass is 221 g/mol. The van der Waals surface area contributed by atoms with Crippen LogP contribution in [0.1, 0.15) is 6.92 Å². The molecule has 1 fully saturated rings. The van der Waals surface area contributed by atoms with Crippen molar-refractivity contribution in [1.82, 2.24) is 5.32 Å². The third-order valence-corrected chi connectivity index (χ3v) is 2.24. The standard InChI is InChI=1S/C8H15NO6/c1-3(11)9-5-6(13)7(4(12)2-10)15-8(5)14/h4-8,10,12-14H,2H2,1H3,(H,9,11)/t4-,5+,6-,7+,8-/m1/s1. The van der Waals surface area contributed by atoms with E-state index in [4.69, 9.17) is 9.84 Å². The number of carbonyl (C=O) groups excluding carboxylic acids is 1. The number of aliphatic hydroxyl groups excluding tert-OH is 4. The van der Waals surface area contributed by atoms with Gasteiger partial charge in [-0.2, -0.15) is 0 Å². The predicted molar refractivity (Wildman–Crippen MR) is 47.6 cm³/mol. The Morgan fingerprint density at radius 3 is 2.60 bits per heavy atom. The van der Waals surface area contributed by atoms with Gasteiger partial charge >= 0.3 is 0 Å². The Morgan fingerprint density at radius 2 is 2.13 bits per heavy atom. The van der Waals surface area contributed by atoms with Gasteiger partial charge in [-0.25, -0.2) is 0 Å². The maximum Gasteiger partial charge on any atom is 0.217 e. The molecule has 0 bridgehead atoms. The number of ether oxygens (including phenoxy) is 1. The maximum absolute atomic E-state index is 10.7. The lowest BCUT2D eigenvalue weighted by Crippen LogP contribution is -2.48. The topological polar surface area (TPSA) is 119 Å². The smallest absolute Gasteiger partial charge is 0.217 e. The highest BCUT2D eigenvalue weighted by molar-refractivity contribution is 5.73. The highest BCUT2D eigenvalue weighted by Gasteiger charge is 2.46. The molecule has 88 valence electrons. The second-order valence-corrected chi connectivity index (χ2v) is 3.46. The summed E-state index contributed by atoms with van der Waals surface area (Å²) in [6, 6.07) is -0.992. The zero-order valence-corrected chi connectivity index (χ0v) is 8.20. The van der Waals surface area contributed by atoms with Gasteiger partial charge in [0.2, 0.25) is 5.91 Å². The van der Waals surface area contributed by atoms with Crippen molar-refractivity contribution in [2.24, 2.45) is 0 Å². The molecule has 15 heavy (non-hydrogen) atoms. The van der Waals surface area contributed by atoms with Crippen molar-refractivity contribution in [2.45, 2.75) is 37.6 Å². The van der Waals surface area contributed by atoms with Crippen LogP contribution in [0.2, 0.25) is 0 Å². The molecule has 0 saturated carbocycles. The molecule has 1 heterocycles. The highest BCUT2D eigenvalue weighted by atomic mass is 16.6. The van der Waals surface area contributed by atoms with E-state index in [0.717, 1.165) is 0 Å². The molecule has 1 aliphatic heterocycles. The number of rotatable bonds is 3. The van der Waals surface area contributed by atoms with E-state index in [1.54, 1.807) is 0 Å². The van der Waals surface area contributed by atoms with Crippen molar-refractivity contribution < 1.29 is 30.0 Å². The van der Waals surface area contributed by atoms with E-state index in [2.05, 4.69) is 5.32 Å². The van der Waals surface area contributed by atoms with Crippen LogP contribution in [0.3, 0.4) is 0 Å². The molecule has 5 atom stereocenters. The molecule has 1 amide bonds. The number of amides is 1. The van der Waals surface area contributed by atoms with Crippen LogP contribution in [0.4, 0.5) is 0 Å². The summed E-state index contributed by atoms with van der Waals surface area (Å²) in [5, 5.41) is 39.1. The summed E-state index contributed by atoms with van der Waals surface area (Å²) in [6.45, 7) is 0.635. The molecule has 0 spiro atoms. The molecule has 0 aromatic carbocycles. The molecule has 7 nitrogen and oxygen atoms in total. The van der Waals surface area contributed by atoms with E-state index in [9.17, 15) is 20.1 Å². The summed E-state index contributed by atoms with van der Waals surface area (Å²) < 4.78 is 4.82. The van der Waals surface area contributed by atoms with Gasteiger partial charge in [0.05, 0.1) is 6.61 Å². The zero-order chi connectivity index (χ0) is 11.6. The van der Waals surface area contributed by atoms with Crippen molar-refractivity contribution in [3.8, 4) is 0 Å². The Labute approximate surface area is 86.3 Å². The molecule has 1 saturated heterocycles. The lowest BCUT2D eigenvalue weighted by Gasteiger charge is -2.20. The van der Waals surface area contributed by atoms with Crippen molar-refractivity contribution in [3.63, 3.8) is 0 Å².